The lowest BCUT2D eigenvalue weighted by molar-refractivity contribution is -0.128. The summed E-state index contributed by atoms with van der Waals surface area (Å²) >= 11 is 11.8. The van der Waals surface area contributed by atoms with E-state index in [9.17, 15) is 13.6 Å². The van der Waals surface area contributed by atoms with E-state index < -0.39 is 12.5 Å². The van der Waals surface area contributed by atoms with Gasteiger partial charge in [0.2, 0.25) is 0 Å². The molecule has 1 aliphatic rings. The topological polar surface area (TPSA) is 41.6 Å². The number of amides is 1. The largest absolute Gasteiger partial charge is 0.479 e. The first-order valence-corrected chi connectivity index (χ1v) is 8.53. The van der Waals surface area contributed by atoms with Gasteiger partial charge in [0.15, 0.2) is 6.10 Å². The number of hydrogen-bond acceptors (Lipinski definition) is 3. The summed E-state index contributed by atoms with van der Waals surface area (Å²) in [7, 11) is 0. The molecule has 1 heterocycles. The van der Waals surface area contributed by atoms with Crippen molar-refractivity contribution in [2.75, 3.05) is 19.6 Å². The fourth-order valence-electron chi connectivity index (χ4n) is 2.59. The Morgan fingerprint density at radius 1 is 1.38 bits per heavy atom. The van der Waals surface area contributed by atoms with E-state index in [1.165, 1.54) is 0 Å². The Morgan fingerprint density at radius 3 is 2.62 bits per heavy atom. The fraction of sp³-hybridized carbons (Fsp3) is 0.562. The minimum absolute atomic E-state index is 0.0295. The molecule has 2 rings (SSSR count). The van der Waals surface area contributed by atoms with Crippen molar-refractivity contribution in [3.05, 3.63) is 28.2 Å². The van der Waals surface area contributed by atoms with E-state index in [4.69, 9.17) is 27.9 Å². The summed E-state index contributed by atoms with van der Waals surface area (Å²) in [6, 6.07) is 4.75. The maximum atomic E-state index is 12.3. The molecule has 1 aliphatic heterocycles. The van der Waals surface area contributed by atoms with Gasteiger partial charge in [0.1, 0.15) is 5.75 Å². The Labute approximate surface area is 150 Å². The smallest absolute Gasteiger partial charge is 0.260 e. The molecule has 0 aromatic heterocycles. The highest BCUT2D eigenvalue weighted by Gasteiger charge is 2.25. The van der Waals surface area contributed by atoms with Gasteiger partial charge in [-0.2, -0.15) is 0 Å². The molecule has 1 aromatic rings. The summed E-state index contributed by atoms with van der Waals surface area (Å²) in [4.78, 5) is 13.9. The molecule has 1 aromatic carbocycles. The lowest BCUT2D eigenvalue weighted by Gasteiger charge is -2.32. The molecule has 1 N–H and O–H groups in total. The van der Waals surface area contributed by atoms with Crippen LogP contribution in [0.2, 0.25) is 10.0 Å². The van der Waals surface area contributed by atoms with Gasteiger partial charge >= 0.3 is 0 Å². The summed E-state index contributed by atoms with van der Waals surface area (Å²) in [6.07, 6.45) is -1.75. The van der Waals surface area contributed by atoms with Crippen LogP contribution in [0.25, 0.3) is 0 Å². The van der Waals surface area contributed by atoms with Crippen molar-refractivity contribution < 1.29 is 18.3 Å². The van der Waals surface area contributed by atoms with E-state index in [1.54, 1.807) is 30.0 Å². The van der Waals surface area contributed by atoms with Crippen LogP contribution in [0.5, 0.6) is 5.75 Å². The number of halogens is 4. The van der Waals surface area contributed by atoms with Crippen LogP contribution in [0, 0.1) is 0 Å². The molecule has 0 bridgehead atoms. The molecule has 0 saturated carbocycles. The van der Waals surface area contributed by atoms with Gasteiger partial charge in [0.05, 0.1) is 11.6 Å². The highest BCUT2D eigenvalue weighted by atomic mass is 35.5. The zero-order valence-corrected chi connectivity index (χ0v) is 14.8. The third-order valence-electron chi connectivity index (χ3n) is 3.90. The van der Waals surface area contributed by atoms with Crippen molar-refractivity contribution >= 4 is 29.1 Å². The third kappa shape index (κ3) is 5.76. The first-order chi connectivity index (χ1) is 11.3. The molecule has 0 unspecified atom stereocenters. The lowest BCUT2D eigenvalue weighted by atomic mass is 10.0. The van der Waals surface area contributed by atoms with Gasteiger partial charge in [-0.1, -0.05) is 23.2 Å². The van der Waals surface area contributed by atoms with Crippen LogP contribution in [0.15, 0.2) is 18.2 Å². The third-order valence-corrected chi connectivity index (χ3v) is 4.43. The van der Waals surface area contributed by atoms with Gasteiger partial charge in [0, 0.05) is 24.2 Å². The van der Waals surface area contributed by atoms with E-state index >= 15 is 0 Å². The Bertz CT molecular complexity index is 567. The molecule has 0 radical (unpaired) electrons. The summed E-state index contributed by atoms with van der Waals surface area (Å²) in [5.41, 5.74) is 0. The summed E-state index contributed by atoms with van der Waals surface area (Å²) in [5, 5.41) is 3.72. The molecule has 0 spiro atoms. The fourth-order valence-corrected chi connectivity index (χ4v) is 3.04. The zero-order valence-electron chi connectivity index (χ0n) is 13.3. The van der Waals surface area contributed by atoms with Gasteiger partial charge in [-0.3, -0.25) is 9.69 Å². The molecule has 1 amide bonds. The molecule has 24 heavy (non-hydrogen) atoms. The molecular formula is C16H20Cl2F2N2O2. The molecule has 4 nitrogen and oxygen atoms in total. The average molecular weight is 381 g/mol. The molecule has 1 fully saturated rings. The Hall–Kier alpha value is -1.11. The maximum Gasteiger partial charge on any atom is 0.260 e. The first kappa shape index (κ1) is 19.2. The van der Waals surface area contributed by atoms with Crippen LogP contribution in [-0.4, -0.2) is 49.0 Å². The van der Waals surface area contributed by atoms with Crippen molar-refractivity contribution in [1.29, 1.82) is 0 Å². The highest BCUT2D eigenvalue weighted by molar-refractivity contribution is 6.35. The van der Waals surface area contributed by atoms with Gasteiger partial charge in [-0.05, 0) is 38.0 Å². The second kappa shape index (κ2) is 8.83. The van der Waals surface area contributed by atoms with Gasteiger partial charge < -0.3 is 10.1 Å². The SMILES string of the molecule is C[C@H](Oc1ccc(Cl)cc1Cl)C(=O)NC1CCN(CC(F)F)CC1. The number of ether oxygens (including phenoxy) is 1. The number of hydrogen-bond donors (Lipinski definition) is 1. The molecular weight excluding hydrogens is 361 g/mol. The van der Waals surface area contributed by atoms with E-state index in [0.29, 0.717) is 41.7 Å². The monoisotopic (exact) mass is 380 g/mol. The van der Waals surface area contributed by atoms with Gasteiger partial charge in [-0.25, -0.2) is 8.78 Å². The lowest BCUT2D eigenvalue weighted by Crippen LogP contribution is -2.48. The van der Waals surface area contributed by atoms with E-state index in [2.05, 4.69) is 5.32 Å². The van der Waals surface area contributed by atoms with Crippen LogP contribution >= 0.6 is 23.2 Å². The number of piperidine rings is 1. The van der Waals surface area contributed by atoms with Gasteiger partial charge in [0.25, 0.3) is 12.3 Å². The Morgan fingerprint density at radius 2 is 2.04 bits per heavy atom. The van der Waals surface area contributed by atoms with Crippen LogP contribution in [0.3, 0.4) is 0 Å². The molecule has 134 valence electrons. The number of nitrogens with zero attached hydrogens (tertiary/aromatic N) is 1. The van der Waals surface area contributed by atoms with Crippen molar-refractivity contribution in [2.24, 2.45) is 0 Å². The highest BCUT2D eigenvalue weighted by Crippen LogP contribution is 2.28. The molecule has 0 aliphatic carbocycles. The number of alkyl halides is 2. The molecule has 8 heteroatoms. The van der Waals surface area contributed by atoms with Crippen LogP contribution in [0.1, 0.15) is 19.8 Å². The first-order valence-electron chi connectivity index (χ1n) is 7.77. The number of benzene rings is 1. The standard InChI is InChI=1S/C16H20Cl2F2N2O2/c1-10(24-14-3-2-11(17)8-13(14)18)16(23)21-12-4-6-22(7-5-12)9-15(19)20/h2-3,8,10,12,15H,4-7,9H2,1H3,(H,21,23)/t10-/m0/s1. The van der Waals surface area contributed by atoms with Crippen molar-refractivity contribution in [2.45, 2.75) is 38.3 Å². The van der Waals surface area contributed by atoms with Crippen molar-refractivity contribution in [3.8, 4) is 5.75 Å². The number of rotatable bonds is 6. The number of carbonyl (C=O) groups is 1. The van der Waals surface area contributed by atoms with E-state index in [-0.39, 0.29) is 18.5 Å². The quantitative estimate of drug-likeness (QED) is 0.819. The zero-order chi connectivity index (χ0) is 17.7. The van der Waals surface area contributed by atoms with Crippen LogP contribution in [-0.2, 0) is 4.79 Å². The van der Waals surface area contributed by atoms with E-state index in [1.807, 2.05) is 0 Å². The predicted octanol–water partition coefficient (Wildman–Crippen LogP) is 3.61. The van der Waals surface area contributed by atoms with Crippen LogP contribution < -0.4 is 10.1 Å². The molecule has 1 atom stereocenters. The number of nitrogens with one attached hydrogen (secondary N) is 1. The van der Waals surface area contributed by atoms with Gasteiger partial charge in [-0.15, -0.1) is 0 Å². The van der Waals surface area contributed by atoms with Crippen molar-refractivity contribution in [1.82, 2.24) is 10.2 Å². The molecule has 1 saturated heterocycles. The second-order valence-corrected chi connectivity index (χ2v) is 6.65. The summed E-state index contributed by atoms with van der Waals surface area (Å²) in [6.45, 7) is 2.52. The average Bonchev–Trinajstić information content (AvgIpc) is 2.51. The normalized spacial score (nSPS) is 17.8. The number of likely N-dealkylation sites (tertiary alicyclic amines) is 1. The van der Waals surface area contributed by atoms with Crippen molar-refractivity contribution in [3.63, 3.8) is 0 Å². The second-order valence-electron chi connectivity index (χ2n) is 5.81. The Balaban J connectivity index is 1.80. The Kier molecular flexibility index (Phi) is 7.07. The minimum Gasteiger partial charge on any atom is -0.479 e. The summed E-state index contributed by atoms with van der Waals surface area (Å²) in [5.74, 6) is 0.129. The maximum absolute atomic E-state index is 12.3. The van der Waals surface area contributed by atoms with Crippen LogP contribution in [0.4, 0.5) is 8.78 Å². The number of carbonyl (C=O) groups excluding carboxylic acids is 1. The minimum atomic E-state index is -2.33. The summed E-state index contributed by atoms with van der Waals surface area (Å²) < 4.78 is 30.3. The predicted molar refractivity (Wildman–Crippen MR) is 90.2 cm³/mol. The van der Waals surface area contributed by atoms with E-state index in [0.717, 1.165) is 0 Å².